The van der Waals surface area contributed by atoms with E-state index in [1.807, 2.05) is 13.0 Å². The Morgan fingerprint density at radius 3 is 2.88 bits per heavy atom. The molecule has 2 N–H and O–H groups in total. The summed E-state index contributed by atoms with van der Waals surface area (Å²) in [4.78, 5) is 30.5. The van der Waals surface area contributed by atoms with Crippen LogP contribution in [0, 0.1) is 0 Å². The third kappa shape index (κ3) is 4.85. The van der Waals surface area contributed by atoms with Gasteiger partial charge in [-0.2, -0.15) is 5.10 Å². The molecule has 0 unspecified atom stereocenters. The average Bonchev–Trinajstić information content (AvgIpc) is 3.42. The summed E-state index contributed by atoms with van der Waals surface area (Å²) in [5, 5.41) is 10.0. The van der Waals surface area contributed by atoms with Crippen LogP contribution in [-0.4, -0.2) is 71.1 Å². The fourth-order valence-electron chi connectivity index (χ4n) is 4.28. The van der Waals surface area contributed by atoms with E-state index < -0.39 is 0 Å². The maximum absolute atomic E-state index is 12.4. The van der Waals surface area contributed by atoms with Crippen molar-refractivity contribution in [3.63, 3.8) is 0 Å². The number of amides is 2. The molecule has 1 aliphatic carbocycles. The second kappa shape index (κ2) is 9.56. The number of hydrogen-bond donors (Lipinski definition) is 2. The highest BCUT2D eigenvalue weighted by Gasteiger charge is 2.41. The lowest BCUT2D eigenvalue weighted by Crippen LogP contribution is -2.61. The number of rotatable bonds is 7. The quantitative estimate of drug-likeness (QED) is 0.675. The minimum atomic E-state index is -0.276. The summed E-state index contributed by atoms with van der Waals surface area (Å²) < 4.78 is 16.1. The summed E-state index contributed by atoms with van der Waals surface area (Å²) in [7, 11) is 3.19. The van der Waals surface area contributed by atoms with Crippen molar-refractivity contribution >= 4 is 17.8 Å². The zero-order valence-corrected chi connectivity index (χ0v) is 18.5. The fraction of sp³-hybridized carbons (Fsp3) is 0.545. The van der Waals surface area contributed by atoms with Crippen LogP contribution in [0.4, 0.5) is 10.6 Å². The number of anilines is 1. The van der Waals surface area contributed by atoms with Gasteiger partial charge in [-0.05, 0) is 37.8 Å². The molecule has 0 aromatic carbocycles. The highest BCUT2D eigenvalue weighted by molar-refractivity contribution is 5.91. The fourth-order valence-corrected chi connectivity index (χ4v) is 4.28. The molecule has 4 atom stereocenters. The van der Waals surface area contributed by atoms with Crippen molar-refractivity contribution in [3.05, 3.63) is 35.7 Å². The van der Waals surface area contributed by atoms with Crippen LogP contribution in [0.15, 0.2) is 24.4 Å². The van der Waals surface area contributed by atoms with Crippen molar-refractivity contribution in [3.8, 4) is 5.88 Å². The number of hydrogen-bond acceptors (Lipinski definition) is 7. The summed E-state index contributed by atoms with van der Waals surface area (Å²) >= 11 is 0. The van der Waals surface area contributed by atoms with Gasteiger partial charge in [-0.25, -0.2) is 9.78 Å². The standard InChI is InChI=1S/C22H29N5O5/c1-13-18(30-2)12-27(13)22(29)32-16-5-4-15(10-16)17-11-19(26-25-17)24-20(28)8-14-6-7-23-21(9-14)31-3/h6-7,9,11,13,15-16,18H,4-5,8,10,12H2,1-3H3,(H2,24,25,26,28)/t13-,15-,16+,18+/m0/s1. The van der Waals surface area contributed by atoms with Crippen molar-refractivity contribution in [2.24, 2.45) is 0 Å². The minimum Gasteiger partial charge on any atom is -0.481 e. The maximum atomic E-state index is 12.4. The number of aromatic amines is 1. The molecule has 1 aliphatic heterocycles. The van der Waals surface area contributed by atoms with Crippen LogP contribution in [0.3, 0.4) is 0 Å². The van der Waals surface area contributed by atoms with E-state index in [4.69, 9.17) is 14.2 Å². The van der Waals surface area contributed by atoms with Gasteiger partial charge in [0.05, 0.1) is 32.2 Å². The van der Waals surface area contributed by atoms with Crippen molar-refractivity contribution < 1.29 is 23.8 Å². The number of methoxy groups -OCH3 is 2. The van der Waals surface area contributed by atoms with E-state index in [0.29, 0.717) is 18.2 Å². The Kier molecular flexibility index (Phi) is 6.59. The molecule has 2 aliphatic rings. The summed E-state index contributed by atoms with van der Waals surface area (Å²) in [6, 6.07) is 5.39. The monoisotopic (exact) mass is 443 g/mol. The Morgan fingerprint density at radius 1 is 1.28 bits per heavy atom. The SMILES string of the molecule is COc1cc(CC(=O)Nc2cc([C@H]3CC[C@@H](OC(=O)N4C[C@@H](OC)[C@@H]4C)C3)[nH]n2)ccn1. The molecular weight excluding hydrogens is 414 g/mol. The second-order valence-corrected chi connectivity index (χ2v) is 8.32. The Labute approximate surface area is 186 Å². The van der Waals surface area contributed by atoms with Crippen LogP contribution in [-0.2, 0) is 20.7 Å². The van der Waals surface area contributed by atoms with Crippen molar-refractivity contribution in [1.82, 2.24) is 20.1 Å². The number of likely N-dealkylation sites (tertiary alicyclic amines) is 1. The Bertz CT molecular complexity index is 964. The Balaban J connectivity index is 1.26. The molecule has 0 spiro atoms. The number of carbonyl (C=O) groups is 2. The molecular formula is C22H29N5O5. The average molecular weight is 444 g/mol. The lowest BCUT2D eigenvalue weighted by atomic mass is 10.0. The van der Waals surface area contributed by atoms with Gasteiger partial charge in [0.15, 0.2) is 5.82 Å². The molecule has 172 valence electrons. The number of aromatic nitrogens is 3. The zero-order chi connectivity index (χ0) is 22.7. The van der Waals surface area contributed by atoms with E-state index >= 15 is 0 Å². The third-order valence-corrected chi connectivity index (χ3v) is 6.27. The van der Waals surface area contributed by atoms with Crippen LogP contribution in [0.2, 0.25) is 0 Å². The molecule has 2 fully saturated rings. The van der Waals surface area contributed by atoms with Crippen molar-refractivity contribution in [1.29, 1.82) is 0 Å². The van der Waals surface area contributed by atoms with Gasteiger partial charge in [0, 0.05) is 37.1 Å². The third-order valence-electron chi connectivity index (χ3n) is 6.27. The number of H-pyrrole nitrogens is 1. The highest BCUT2D eigenvalue weighted by atomic mass is 16.6. The molecule has 4 rings (SSSR count). The number of ether oxygens (including phenoxy) is 3. The Morgan fingerprint density at radius 2 is 2.12 bits per heavy atom. The molecule has 1 saturated carbocycles. The Hall–Kier alpha value is -3.14. The van der Waals surface area contributed by atoms with Gasteiger partial charge in [-0.15, -0.1) is 0 Å². The first-order valence-corrected chi connectivity index (χ1v) is 10.8. The topological polar surface area (TPSA) is 119 Å². The van der Waals surface area contributed by atoms with Gasteiger partial charge < -0.3 is 24.4 Å². The highest BCUT2D eigenvalue weighted by Crippen LogP contribution is 2.36. The molecule has 32 heavy (non-hydrogen) atoms. The number of pyridine rings is 1. The molecule has 1 saturated heterocycles. The van der Waals surface area contributed by atoms with Crippen LogP contribution in [0.1, 0.15) is 43.4 Å². The molecule has 2 amide bonds. The lowest BCUT2D eigenvalue weighted by Gasteiger charge is -2.44. The first kappa shape index (κ1) is 22.1. The van der Waals surface area contributed by atoms with E-state index in [1.165, 1.54) is 7.11 Å². The van der Waals surface area contributed by atoms with Crippen LogP contribution in [0.25, 0.3) is 0 Å². The summed E-state index contributed by atoms with van der Waals surface area (Å²) in [6.45, 7) is 2.53. The number of carbonyl (C=O) groups excluding carboxylic acids is 2. The number of nitrogens with zero attached hydrogens (tertiary/aromatic N) is 3. The largest absolute Gasteiger partial charge is 0.481 e. The van der Waals surface area contributed by atoms with Gasteiger partial charge in [-0.1, -0.05) is 0 Å². The molecule has 0 bridgehead atoms. The summed E-state index contributed by atoms with van der Waals surface area (Å²) in [5.41, 5.74) is 1.74. The van der Waals surface area contributed by atoms with E-state index in [0.717, 1.165) is 30.5 Å². The lowest BCUT2D eigenvalue weighted by molar-refractivity contribution is -0.115. The molecule has 10 heteroatoms. The predicted octanol–water partition coefficient (Wildman–Crippen LogP) is 2.49. The van der Waals surface area contributed by atoms with E-state index in [-0.39, 0.29) is 42.6 Å². The molecule has 10 nitrogen and oxygen atoms in total. The van der Waals surface area contributed by atoms with Gasteiger partial charge in [-0.3, -0.25) is 9.89 Å². The van der Waals surface area contributed by atoms with Crippen LogP contribution < -0.4 is 10.1 Å². The first-order chi connectivity index (χ1) is 15.5. The zero-order valence-electron chi connectivity index (χ0n) is 18.5. The molecule has 3 heterocycles. The van der Waals surface area contributed by atoms with Crippen molar-refractivity contribution in [2.75, 3.05) is 26.1 Å². The normalized spacial score (nSPS) is 24.7. The van der Waals surface area contributed by atoms with Gasteiger partial charge in [0.25, 0.3) is 0 Å². The van der Waals surface area contributed by atoms with Gasteiger partial charge in [0.1, 0.15) is 6.10 Å². The molecule has 0 radical (unpaired) electrons. The van der Waals surface area contributed by atoms with E-state index in [2.05, 4.69) is 20.5 Å². The van der Waals surface area contributed by atoms with E-state index in [1.54, 1.807) is 30.3 Å². The summed E-state index contributed by atoms with van der Waals surface area (Å²) in [6.07, 6.45) is 3.91. The van der Waals surface area contributed by atoms with Crippen molar-refractivity contribution in [2.45, 2.75) is 56.8 Å². The molecule has 2 aromatic heterocycles. The predicted molar refractivity (Wildman–Crippen MR) is 116 cm³/mol. The first-order valence-electron chi connectivity index (χ1n) is 10.8. The second-order valence-electron chi connectivity index (χ2n) is 8.32. The van der Waals surface area contributed by atoms with Gasteiger partial charge in [0.2, 0.25) is 11.8 Å². The summed E-state index contributed by atoms with van der Waals surface area (Å²) in [5.74, 6) is 0.978. The minimum absolute atomic E-state index is 0.0386. The van der Waals surface area contributed by atoms with E-state index in [9.17, 15) is 9.59 Å². The van der Waals surface area contributed by atoms with Gasteiger partial charge >= 0.3 is 6.09 Å². The van der Waals surface area contributed by atoms with Crippen LogP contribution >= 0.6 is 0 Å². The maximum Gasteiger partial charge on any atom is 0.410 e. The smallest absolute Gasteiger partial charge is 0.410 e. The molecule has 2 aromatic rings. The number of nitrogens with one attached hydrogen (secondary N) is 2. The van der Waals surface area contributed by atoms with Crippen LogP contribution in [0.5, 0.6) is 5.88 Å².